The first kappa shape index (κ1) is 23.0. The molecule has 1 amide bonds. The minimum atomic E-state index is -4.05. The van der Waals surface area contributed by atoms with Gasteiger partial charge in [0.2, 0.25) is 21.7 Å². The van der Waals surface area contributed by atoms with E-state index in [-0.39, 0.29) is 32.0 Å². The molecule has 1 N–H and O–H groups in total. The number of nitrogens with zero attached hydrogens (tertiary/aromatic N) is 1. The van der Waals surface area contributed by atoms with E-state index < -0.39 is 26.6 Å². The average molecular weight is 478 g/mol. The summed E-state index contributed by atoms with van der Waals surface area (Å²) in [5.41, 5.74) is 0.790. The van der Waals surface area contributed by atoms with Crippen LogP contribution in [0.15, 0.2) is 41.3 Å². The molecule has 33 heavy (non-hydrogen) atoms. The zero-order valence-electron chi connectivity index (χ0n) is 17.9. The number of ether oxygens (including phenoxy) is 4. The van der Waals surface area contributed by atoms with Crippen LogP contribution in [0.2, 0.25) is 0 Å². The van der Waals surface area contributed by atoms with E-state index in [0.29, 0.717) is 36.0 Å². The lowest BCUT2D eigenvalue weighted by molar-refractivity contribution is -0.111. The van der Waals surface area contributed by atoms with Gasteiger partial charge < -0.3 is 24.3 Å². The number of hydrogen-bond acceptors (Lipinski definition) is 7. The van der Waals surface area contributed by atoms with Gasteiger partial charge in [-0.2, -0.15) is 4.31 Å². The third-order valence-corrected chi connectivity index (χ3v) is 6.98. The lowest BCUT2D eigenvalue weighted by Gasteiger charge is -2.26. The number of hydrogen-bond donors (Lipinski definition) is 1. The van der Waals surface area contributed by atoms with Crippen molar-refractivity contribution in [1.29, 1.82) is 0 Å². The molecule has 0 spiro atoms. The fourth-order valence-electron chi connectivity index (χ4n) is 3.45. The van der Waals surface area contributed by atoms with Crippen LogP contribution in [-0.2, 0) is 19.6 Å². The molecule has 0 aromatic heterocycles. The normalized spacial score (nSPS) is 16.5. The Kier molecular flexibility index (Phi) is 6.82. The molecule has 0 bridgehead atoms. The fourth-order valence-corrected chi connectivity index (χ4v) is 4.95. The van der Waals surface area contributed by atoms with Gasteiger partial charge in [-0.15, -0.1) is 0 Å². The van der Waals surface area contributed by atoms with Crippen LogP contribution in [0.25, 0.3) is 6.08 Å². The van der Waals surface area contributed by atoms with Gasteiger partial charge in [-0.3, -0.25) is 4.79 Å². The maximum Gasteiger partial charge on any atom is 0.248 e. The van der Waals surface area contributed by atoms with E-state index in [1.807, 2.05) is 0 Å². The second kappa shape index (κ2) is 9.77. The van der Waals surface area contributed by atoms with E-state index in [1.165, 1.54) is 19.3 Å². The third-order valence-electron chi connectivity index (χ3n) is 5.06. The van der Waals surface area contributed by atoms with Gasteiger partial charge >= 0.3 is 0 Å². The summed E-state index contributed by atoms with van der Waals surface area (Å²) in [4.78, 5) is 11.9. The van der Waals surface area contributed by atoms with Crippen LogP contribution in [0.5, 0.6) is 17.2 Å². The number of amides is 1. The van der Waals surface area contributed by atoms with E-state index in [2.05, 4.69) is 5.32 Å². The summed E-state index contributed by atoms with van der Waals surface area (Å²) in [6.45, 7) is 1.59. The average Bonchev–Trinajstić information content (AvgIpc) is 2.83. The van der Waals surface area contributed by atoms with E-state index in [1.54, 1.807) is 18.2 Å². The quantitative estimate of drug-likeness (QED) is 0.636. The minimum Gasteiger partial charge on any atom is -0.493 e. The Labute approximate surface area is 190 Å². The Morgan fingerprint density at radius 3 is 2.64 bits per heavy atom. The molecule has 2 aliphatic rings. The Hall–Kier alpha value is -3.15. The summed E-state index contributed by atoms with van der Waals surface area (Å²) < 4.78 is 62.7. The Bertz CT molecular complexity index is 1160. The molecule has 0 saturated carbocycles. The van der Waals surface area contributed by atoms with Gasteiger partial charge in [0.15, 0.2) is 11.5 Å². The molecule has 2 aliphatic heterocycles. The van der Waals surface area contributed by atoms with E-state index in [4.69, 9.17) is 18.9 Å². The number of carbonyl (C=O) groups is 1. The zero-order chi connectivity index (χ0) is 23.4. The third kappa shape index (κ3) is 5.10. The fraction of sp³-hybridized carbons (Fsp3) is 0.318. The zero-order valence-corrected chi connectivity index (χ0v) is 18.7. The predicted octanol–water partition coefficient (Wildman–Crippen LogP) is 2.28. The largest absolute Gasteiger partial charge is 0.493 e. The summed E-state index contributed by atoms with van der Waals surface area (Å²) in [6, 6.07) is 6.83. The SMILES string of the molecule is COc1cc(/C=C/C(=O)Nc2ccc(F)c(S(=O)(=O)N3CCOCC3)c2)cc2c1OCCO2. The number of rotatable bonds is 6. The molecule has 2 heterocycles. The summed E-state index contributed by atoms with van der Waals surface area (Å²) >= 11 is 0. The van der Waals surface area contributed by atoms with Gasteiger partial charge in [0, 0.05) is 24.9 Å². The second-order valence-electron chi connectivity index (χ2n) is 7.23. The summed E-state index contributed by atoms with van der Waals surface area (Å²) in [5, 5.41) is 2.56. The van der Waals surface area contributed by atoms with Crippen molar-refractivity contribution in [2.45, 2.75) is 4.90 Å². The lowest BCUT2D eigenvalue weighted by Crippen LogP contribution is -2.40. The first-order valence-corrected chi connectivity index (χ1v) is 11.7. The van der Waals surface area contributed by atoms with Crippen molar-refractivity contribution in [3.63, 3.8) is 0 Å². The monoisotopic (exact) mass is 478 g/mol. The minimum absolute atomic E-state index is 0.139. The first-order chi connectivity index (χ1) is 15.9. The molecular formula is C22H23FN2O7S. The highest BCUT2D eigenvalue weighted by molar-refractivity contribution is 7.89. The molecule has 0 unspecified atom stereocenters. The highest BCUT2D eigenvalue weighted by Crippen LogP contribution is 2.40. The van der Waals surface area contributed by atoms with E-state index in [9.17, 15) is 17.6 Å². The van der Waals surface area contributed by atoms with Gasteiger partial charge in [0.25, 0.3) is 0 Å². The lowest BCUT2D eigenvalue weighted by atomic mass is 10.1. The molecule has 11 heteroatoms. The molecule has 176 valence electrons. The number of benzene rings is 2. The summed E-state index contributed by atoms with van der Waals surface area (Å²) in [5.74, 6) is 0.0789. The van der Waals surface area contributed by atoms with Gasteiger partial charge in [-0.25, -0.2) is 12.8 Å². The molecule has 2 aromatic carbocycles. The van der Waals surface area contributed by atoms with E-state index in [0.717, 1.165) is 16.4 Å². The molecule has 2 aromatic rings. The number of methoxy groups -OCH3 is 1. The Morgan fingerprint density at radius 2 is 1.88 bits per heavy atom. The van der Waals surface area contributed by atoms with Crippen molar-refractivity contribution in [2.75, 3.05) is 51.9 Å². The molecule has 4 rings (SSSR count). The standard InChI is InChI=1S/C22H23FN2O7S/c1-29-18-12-15(13-19-22(18)32-11-10-31-19)2-5-21(26)24-16-3-4-17(23)20(14-16)33(27,28)25-6-8-30-9-7-25/h2-5,12-14H,6-11H2,1H3,(H,24,26)/b5-2+. The van der Waals surface area contributed by atoms with Crippen LogP contribution in [0.3, 0.4) is 0 Å². The maximum absolute atomic E-state index is 14.3. The first-order valence-electron chi connectivity index (χ1n) is 10.2. The Morgan fingerprint density at radius 1 is 1.12 bits per heavy atom. The van der Waals surface area contributed by atoms with Crippen molar-refractivity contribution in [3.05, 3.63) is 47.8 Å². The molecule has 0 radical (unpaired) electrons. The van der Waals surface area contributed by atoms with Gasteiger partial charge in [-0.05, 0) is 42.0 Å². The smallest absolute Gasteiger partial charge is 0.248 e. The molecular weight excluding hydrogens is 455 g/mol. The van der Waals surface area contributed by atoms with Gasteiger partial charge in [0.1, 0.15) is 23.9 Å². The number of morpholine rings is 1. The predicted molar refractivity (Wildman–Crippen MR) is 118 cm³/mol. The highest BCUT2D eigenvalue weighted by atomic mass is 32.2. The number of nitrogens with one attached hydrogen (secondary N) is 1. The Balaban J connectivity index is 1.50. The van der Waals surface area contributed by atoms with Crippen molar-refractivity contribution in [1.82, 2.24) is 4.31 Å². The summed E-state index contributed by atoms with van der Waals surface area (Å²) in [7, 11) is -2.55. The van der Waals surface area contributed by atoms with Crippen LogP contribution >= 0.6 is 0 Å². The number of halogens is 1. The molecule has 9 nitrogen and oxygen atoms in total. The van der Waals surface area contributed by atoms with Crippen molar-refractivity contribution in [2.24, 2.45) is 0 Å². The number of carbonyl (C=O) groups excluding carboxylic acids is 1. The van der Waals surface area contributed by atoms with Crippen LogP contribution in [0.1, 0.15) is 5.56 Å². The van der Waals surface area contributed by atoms with Crippen LogP contribution in [-0.4, -0.2) is 65.3 Å². The number of anilines is 1. The topological polar surface area (TPSA) is 103 Å². The molecule has 1 fully saturated rings. The van der Waals surface area contributed by atoms with Gasteiger partial charge in [0.05, 0.1) is 20.3 Å². The van der Waals surface area contributed by atoms with Crippen LogP contribution in [0, 0.1) is 5.82 Å². The molecule has 0 aliphatic carbocycles. The van der Waals surface area contributed by atoms with Crippen molar-refractivity contribution >= 4 is 27.7 Å². The maximum atomic E-state index is 14.3. The van der Waals surface area contributed by atoms with Crippen molar-refractivity contribution in [3.8, 4) is 17.2 Å². The highest BCUT2D eigenvalue weighted by Gasteiger charge is 2.29. The second-order valence-corrected chi connectivity index (χ2v) is 9.14. The summed E-state index contributed by atoms with van der Waals surface area (Å²) in [6.07, 6.45) is 2.81. The van der Waals surface area contributed by atoms with E-state index >= 15 is 0 Å². The number of sulfonamides is 1. The van der Waals surface area contributed by atoms with Crippen LogP contribution in [0.4, 0.5) is 10.1 Å². The molecule has 0 atom stereocenters. The molecule has 1 saturated heterocycles. The van der Waals surface area contributed by atoms with Gasteiger partial charge in [-0.1, -0.05) is 0 Å². The number of fused-ring (bicyclic) bond motifs is 1. The van der Waals surface area contributed by atoms with Crippen LogP contribution < -0.4 is 19.5 Å². The van der Waals surface area contributed by atoms with Crippen molar-refractivity contribution < 1.29 is 36.6 Å².